The third-order valence-electron chi connectivity index (χ3n) is 1.34. The molecule has 0 saturated carbocycles. The Balaban J connectivity index is 2.69. The summed E-state index contributed by atoms with van der Waals surface area (Å²) < 4.78 is 5.09. The van der Waals surface area contributed by atoms with E-state index in [4.69, 9.17) is 9.52 Å². The summed E-state index contributed by atoms with van der Waals surface area (Å²) in [4.78, 5) is 7.84. The summed E-state index contributed by atoms with van der Waals surface area (Å²) in [7, 11) is 0. The first-order valence-corrected chi connectivity index (χ1v) is 3.21. The smallest absolute Gasteiger partial charge is 0.222 e. The van der Waals surface area contributed by atoms with Crippen LogP contribution in [-0.4, -0.2) is 15.1 Å². The molecule has 0 aliphatic carbocycles. The number of aliphatic hydroxyl groups excluding tert-OH is 1. The molecule has 2 rings (SSSR count). The van der Waals surface area contributed by atoms with Gasteiger partial charge in [-0.3, -0.25) is 0 Å². The first-order valence-electron chi connectivity index (χ1n) is 3.21. The highest BCUT2D eigenvalue weighted by atomic mass is 16.4. The van der Waals surface area contributed by atoms with Crippen molar-refractivity contribution in [2.45, 2.75) is 6.61 Å². The summed E-state index contributed by atoms with van der Waals surface area (Å²) >= 11 is 0. The molecule has 0 spiro atoms. The van der Waals surface area contributed by atoms with Crippen molar-refractivity contribution in [2.24, 2.45) is 0 Å². The molecule has 0 unspecified atom stereocenters. The predicted octanol–water partition coefficient (Wildman–Crippen LogP) is 0.715. The van der Waals surface area contributed by atoms with Gasteiger partial charge in [-0.05, 0) is 12.1 Å². The van der Waals surface area contributed by atoms with Crippen LogP contribution in [0.5, 0.6) is 0 Å². The number of pyridine rings is 1. The number of aromatic nitrogens is 2. The van der Waals surface area contributed by atoms with Crippen molar-refractivity contribution >= 4 is 11.2 Å². The molecule has 0 aromatic carbocycles. The second-order valence-electron chi connectivity index (χ2n) is 2.09. The van der Waals surface area contributed by atoms with Crippen LogP contribution in [0.4, 0.5) is 0 Å². The molecule has 0 aliphatic rings. The monoisotopic (exact) mass is 150 g/mol. The van der Waals surface area contributed by atoms with Crippen molar-refractivity contribution in [3.05, 3.63) is 24.2 Å². The number of fused-ring (bicyclic) bond motifs is 1. The van der Waals surface area contributed by atoms with Gasteiger partial charge in [0.25, 0.3) is 0 Å². The third kappa shape index (κ3) is 0.969. The molecule has 0 aliphatic heterocycles. The molecule has 11 heavy (non-hydrogen) atoms. The van der Waals surface area contributed by atoms with Crippen LogP contribution < -0.4 is 0 Å². The highest BCUT2D eigenvalue weighted by Gasteiger charge is 2.02. The topological polar surface area (TPSA) is 59.2 Å². The average molecular weight is 150 g/mol. The number of hydrogen-bond donors (Lipinski definition) is 1. The van der Waals surface area contributed by atoms with Gasteiger partial charge in [-0.2, -0.15) is 4.98 Å². The molecule has 2 heterocycles. The van der Waals surface area contributed by atoms with Crippen LogP contribution in [0.1, 0.15) is 5.89 Å². The van der Waals surface area contributed by atoms with E-state index in [0.717, 1.165) is 0 Å². The third-order valence-corrected chi connectivity index (χ3v) is 1.34. The van der Waals surface area contributed by atoms with Crippen molar-refractivity contribution in [3.8, 4) is 0 Å². The summed E-state index contributed by atoms with van der Waals surface area (Å²) in [6, 6.07) is 3.52. The molecular formula is C7H6N2O2. The standard InChI is InChI=1S/C7H6N2O2/c10-4-6-9-7-5(11-6)2-1-3-8-7/h1-3,10H,4H2. The van der Waals surface area contributed by atoms with E-state index in [1.54, 1.807) is 18.3 Å². The SMILES string of the molecule is OCc1nc2ncccc2o1. The Morgan fingerprint density at radius 2 is 2.45 bits per heavy atom. The van der Waals surface area contributed by atoms with E-state index in [-0.39, 0.29) is 6.61 Å². The fraction of sp³-hybridized carbons (Fsp3) is 0.143. The highest BCUT2D eigenvalue weighted by molar-refractivity contribution is 5.66. The number of oxazole rings is 1. The fourth-order valence-electron chi connectivity index (χ4n) is 0.881. The second-order valence-corrected chi connectivity index (χ2v) is 2.09. The first kappa shape index (κ1) is 6.30. The lowest BCUT2D eigenvalue weighted by atomic mass is 10.5. The zero-order valence-corrected chi connectivity index (χ0v) is 5.69. The van der Waals surface area contributed by atoms with Crippen molar-refractivity contribution in [1.29, 1.82) is 0 Å². The quantitative estimate of drug-likeness (QED) is 0.650. The number of nitrogens with zero attached hydrogens (tertiary/aromatic N) is 2. The van der Waals surface area contributed by atoms with Crippen molar-refractivity contribution in [1.82, 2.24) is 9.97 Å². The lowest BCUT2D eigenvalue weighted by Gasteiger charge is -1.80. The van der Waals surface area contributed by atoms with Gasteiger partial charge in [0.15, 0.2) is 11.2 Å². The van der Waals surface area contributed by atoms with Crippen LogP contribution >= 0.6 is 0 Å². The van der Waals surface area contributed by atoms with Gasteiger partial charge >= 0.3 is 0 Å². The van der Waals surface area contributed by atoms with Gasteiger partial charge < -0.3 is 9.52 Å². The Morgan fingerprint density at radius 3 is 3.18 bits per heavy atom. The lowest BCUT2D eigenvalue weighted by molar-refractivity contribution is 0.244. The number of aliphatic hydroxyl groups is 1. The molecule has 0 bridgehead atoms. The average Bonchev–Trinajstić information content (AvgIpc) is 2.46. The Labute approximate surface area is 62.5 Å². The van der Waals surface area contributed by atoms with Gasteiger partial charge in [0.2, 0.25) is 5.89 Å². The number of hydrogen-bond acceptors (Lipinski definition) is 4. The predicted molar refractivity (Wildman–Crippen MR) is 37.7 cm³/mol. The Kier molecular flexibility index (Phi) is 1.33. The van der Waals surface area contributed by atoms with E-state index in [2.05, 4.69) is 9.97 Å². The van der Waals surface area contributed by atoms with Crippen LogP contribution in [0.25, 0.3) is 11.2 Å². The summed E-state index contributed by atoms with van der Waals surface area (Å²) in [6.07, 6.45) is 1.63. The maximum atomic E-state index is 8.65. The normalized spacial score (nSPS) is 10.6. The van der Waals surface area contributed by atoms with Gasteiger partial charge in [0, 0.05) is 6.20 Å². The van der Waals surface area contributed by atoms with Crippen LogP contribution in [0.3, 0.4) is 0 Å². The molecule has 4 heteroatoms. The molecule has 0 saturated heterocycles. The minimum atomic E-state index is -0.184. The Bertz CT molecular complexity index is 336. The summed E-state index contributed by atoms with van der Waals surface area (Å²) in [5.74, 6) is 0.304. The van der Waals surface area contributed by atoms with E-state index in [0.29, 0.717) is 17.1 Å². The molecule has 0 atom stereocenters. The van der Waals surface area contributed by atoms with Crippen molar-refractivity contribution in [2.75, 3.05) is 0 Å². The van der Waals surface area contributed by atoms with Crippen molar-refractivity contribution in [3.63, 3.8) is 0 Å². The summed E-state index contributed by atoms with van der Waals surface area (Å²) in [5.41, 5.74) is 1.15. The van der Waals surface area contributed by atoms with Crippen LogP contribution in [0, 0.1) is 0 Å². The van der Waals surface area contributed by atoms with E-state index < -0.39 is 0 Å². The van der Waals surface area contributed by atoms with Gasteiger partial charge in [-0.25, -0.2) is 4.98 Å². The Hall–Kier alpha value is -1.42. The molecule has 4 nitrogen and oxygen atoms in total. The first-order chi connectivity index (χ1) is 5.40. The summed E-state index contributed by atoms with van der Waals surface area (Å²) in [6.45, 7) is -0.184. The van der Waals surface area contributed by atoms with E-state index in [9.17, 15) is 0 Å². The fourth-order valence-corrected chi connectivity index (χ4v) is 0.881. The van der Waals surface area contributed by atoms with Crippen molar-refractivity contribution < 1.29 is 9.52 Å². The maximum absolute atomic E-state index is 8.65. The molecule has 1 N–H and O–H groups in total. The zero-order valence-electron chi connectivity index (χ0n) is 5.69. The maximum Gasteiger partial charge on any atom is 0.222 e. The molecule has 2 aromatic rings. The molecule has 0 amide bonds. The molecular weight excluding hydrogens is 144 g/mol. The molecule has 56 valence electrons. The van der Waals surface area contributed by atoms with E-state index >= 15 is 0 Å². The van der Waals surface area contributed by atoms with Gasteiger partial charge in [0.1, 0.15) is 6.61 Å². The zero-order chi connectivity index (χ0) is 7.68. The van der Waals surface area contributed by atoms with Crippen LogP contribution in [-0.2, 0) is 6.61 Å². The summed E-state index contributed by atoms with van der Waals surface area (Å²) in [5, 5.41) is 8.65. The largest absolute Gasteiger partial charge is 0.436 e. The van der Waals surface area contributed by atoms with Gasteiger partial charge in [-0.1, -0.05) is 0 Å². The number of rotatable bonds is 1. The minimum absolute atomic E-state index is 0.184. The van der Waals surface area contributed by atoms with Gasteiger partial charge in [0.05, 0.1) is 0 Å². The van der Waals surface area contributed by atoms with E-state index in [1.807, 2.05) is 0 Å². The molecule has 0 radical (unpaired) electrons. The van der Waals surface area contributed by atoms with E-state index in [1.165, 1.54) is 0 Å². The van der Waals surface area contributed by atoms with Gasteiger partial charge in [-0.15, -0.1) is 0 Å². The Morgan fingerprint density at radius 1 is 1.55 bits per heavy atom. The second kappa shape index (κ2) is 2.32. The minimum Gasteiger partial charge on any atom is -0.436 e. The highest BCUT2D eigenvalue weighted by Crippen LogP contribution is 2.11. The lowest BCUT2D eigenvalue weighted by Crippen LogP contribution is -1.80. The van der Waals surface area contributed by atoms with Crippen LogP contribution in [0.2, 0.25) is 0 Å². The van der Waals surface area contributed by atoms with Crippen LogP contribution in [0.15, 0.2) is 22.7 Å². The molecule has 0 fully saturated rings. The molecule has 2 aromatic heterocycles.